The fourth-order valence-corrected chi connectivity index (χ4v) is 4.24. The van der Waals surface area contributed by atoms with Crippen molar-refractivity contribution in [3.05, 3.63) is 23.9 Å². The first-order chi connectivity index (χ1) is 13.6. The molecule has 7 nitrogen and oxygen atoms in total. The average molecular weight is 389 g/mol. The minimum absolute atomic E-state index is 0.241. The van der Waals surface area contributed by atoms with Gasteiger partial charge < -0.3 is 20.3 Å². The fourth-order valence-electron chi connectivity index (χ4n) is 4.24. The molecule has 7 heteroatoms. The molecule has 2 aliphatic heterocycles. The van der Waals surface area contributed by atoms with Crippen LogP contribution in [0, 0.1) is 0 Å². The smallest absolute Gasteiger partial charge is 0.191 e. The van der Waals surface area contributed by atoms with Crippen LogP contribution in [0.5, 0.6) is 0 Å². The number of nitrogens with one attached hydrogen (secondary N) is 2. The molecule has 2 aliphatic rings. The summed E-state index contributed by atoms with van der Waals surface area (Å²) in [6.07, 6.45) is 5.00. The van der Waals surface area contributed by atoms with E-state index in [-0.39, 0.29) is 12.2 Å². The third-order valence-electron chi connectivity index (χ3n) is 5.65. The lowest BCUT2D eigenvalue weighted by molar-refractivity contribution is -0.00545. The number of likely N-dealkylation sites (N-methyl/N-ethyl adjacent to an activating group) is 1. The molecular formula is C21H36N6O. The molecule has 1 aromatic rings. The first-order valence-corrected chi connectivity index (χ1v) is 10.6. The number of hydrogen-bond acceptors (Lipinski definition) is 5. The van der Waals surface area contributed by atoms with Crippen LogP contribution >= 0.6 is 0 Å². The van der Waals surface area contributed by atoms with Crippen LogP contribution < -0.4 is 15.5 Å². The topological polar surface area (TPSA) is 65.0 Å². The van der Waals surface area contributed by atoms with Gasteiger partial charge in [0.1, 0.15) is 5.82 Å². The van der Waals surface area contributed by atoms with Crippen molar-refractivity contribution in [3.63, 3.8) is 0 Å². The van der Waals surface area contributed by atoms with Gasteiger partial charge in [0.2, 0.25) is 0 Å². The van der Waals surface area contributed by atoms with Crippen LogP contribution in [-0.4, -0.2) is 73.9 Å². The number of aromatic nitrogens is 1. The first kappa shape index (κ1) is 20.9. The number of pyridine rings is 1. The molecule has 0 radical (unpaired) electrons. The van der Waals surface area contributed by atoms with Gasteiger partial charge in [-0.1, -0.05) is 13.0 Å². The SMILES string of the molecule is CCN1CCCC1CNC(=NC)NCc1ccc(N2CC(C)OC(C)C2)nc1. The maximum absolute atomic E-state index is 5.81. The minimum atomic E-state index is 0.241. The van der Waals surface area contributed by atoms with Gasteiger partial charge in [0.15, 0.2) is 5.96 Å². The highest BCUT2D eigenvalue weighted by molar-refractivity contribution is 5.79. The number of anilines is 1. The van der Waals surface area contributed by atoms with Gasteiger partial charge in [-0.25, -0.2) is 4.98 Å². The molecule has 1 aromatic heterocycles. The predicted molar refractivity (Wildman–Crippen MR) is 115 cm³/mol. The maximum atomic E-state index is 5.81. The summed E-state index contributed by atoms with van der Waals surface area (Å²) >= 11 is 0. The standard InChI is InChI=1S/C21H36N6O/c1-5-26-10-6-7-19(26)13-25-21(22-4)24-12-18-8-9-20(23-11-18)27-14-16(2)28-17(3)15-27/h8-9,11,16-17,19H,5-7,10,12-15H2,1-4H3,(H2,22,24,25). The number of nitrogens with zero attached hydrogens (tertiary/aromatic N) is 4. The van der Waals surface area contributed by atoms with Crippen molar-refractivity contribution in [2.45, 2.75) is 58.4 Å². The van der Waals surface area contributed by atoms with E-state index in [0.717, 1.165) is 43.5 Å². The second-order valence-corrected chi connectivity index (χ2v) is 7.92. The molecular weight excluding hydrogens is 352 g/mol. The fraction of sp³-hybridized carbons (Fsp3) is 0.714. The van der Waals surface area contributed by atoms with Crippen LogP contribution in [0.15, 0.2) is 23.3 Å². The van der Waals surface area contributed by atoms with Crippen LogP contribution in [0.4, 0.5) is 5.82 Å². The molecule has 0 spiro atoms. The van der Waals surface area contributed by atoms with E-state index in [1.807, 2.05) is 13.2 Å². The number of rotatable bonds is 6. The van der Waals surface area contributed by atoms with E-state index in [9.17, 15) is 0 Å². The van der Waals surface area contributed by atoms with Crippen LogP contribution in [0.3, 0.4) is 0 Å². The van der Waals surface area contributed by atoms with Crippen LogP contribution in [0.25, 0.3) is 0 Å². The van der Waals surface area contributed by atoms with Crippen molar-refractivity contribution in [1.82, 2.24) is 20.5 Å². The Kier molecular flexibility index (Phi) is 7.50. The predicted octanol–water partition coefficient (Wildman–Crippen LogP) is 1.84. The van der Waals surface area contributed by atoms with Gasteiger partial charge in [-0.05, 0) is 51.4 Å². The van der Waals surface area contributed by atoms with Gasteiger partial charge in [-0.2, -0.15) is 0 Å². The highest BCUT2D eigenvalue weighted by atomic mass is 16.5. The van der Waals surface area contributed by atoms with Crippen molar-refractivity contribution in [3.8, 4) is 0 Å². The average Bonchev–Trinajstić information content (AvgIpc) is 3.15. The van der Waals surface area contributed by atoms with Crippen molar-refractivity contribution < 1.29 is 4.74 Å². The summed E-state index contributed by atoms with van der Waals surface area (Å²) in [7, 11) is 1.82. The summed E-state index contributed by atoms with van der Waals surface area (Å²) in [4.78, 5) is 13.9. The van der Waals surface area contributed by atoms with E-state index in [1.54, 1.807) is 0 Å². The van der Waals surface area contributed by atoms with E-state index in [0.29, 0.717) is 12.6 Å². The zero-order valence-electron chi connectivity index (χ0n) is 17.8. The molecule has 156 valence electrons. The molecule has 2 N–H and O–H groups in total. The Morgan fingerprint density at radius 1 is 1.25 bits per heavy atom. The number of hydrogen-bond donors (Lipinski definition) is 2. The number of ether oxygens (including phenoxy) is 1. The van der Waals surface area contributed by atoms with Crippen molar-refractivity contribution in [1.29, 1.82) is 0 Å². The van der Waals surface area contributed by atoms with E-state index in [1.165, 1.54) is 19.4 Å². The molecule has 2 fully saturated rings. The van der Waals surface area contributed by atoms with E-state index in [4.69, 9.17) is 4.74 Å². The molecule has 3 rings (SSSR count). The second-order valence-electron chi connectivity index (χ2n) is 7.92. The number of likely N-dealkylation sites (tertiary alicyclic amines) is 1. The zero-order chi connectivity index (χ0) is 19.9. The molecule has 3 unspecified atom stereocenters. The van der Waals surface area contributed by atoms with E-state index in [2.05, 4.69) is 63.3 Å². The molecule has 28 heavy (non-hydrogen) atoms. The molecule has 3 atom stereocenters. The first-order valence-electron chi connectivity index (χ1n) is 10.6. The number of morpholine rings is 1. The molecule has 0 aliphatic carbocycles. The summed E-state index contributed by atoms with van der Waals surface area (Å²) in [6.45, 7) is 12.2. The summed E-state index contributed by atoms with van der Waals surface area (Å²) in [5.74, 6) is 1.87. The van der Waals surface area contributed by atoms with Gasteiger partial charge >= 0.3 is 0 Å². The van der Waals surface area contributed by atoms with Gasteiger partial charge in [0.25, 0.3) is 0 Å². The number of guanidine groups is 1. The molecule has 0 saturated carbocycles. The molecule has 0 bridgehead atoms. The summed E-state index contributed by atoms with van der Waals surface area (Å²) in [6, 6.07) is 4.86. The molecule has 2 saturated heterocycles. The van der Waals surface area contributed by atoms with E-state index >= 15 is 0 Å². The second kappa shape index (κ2) is 10.1. The molecule has 0 aromatic carbocycles. The minimum Gasteiger partial charge on any atom is -0.372 e. The Morgan fingerprint density at radius 3 is 2.68 bits per heavy atom. The van der Waals surface area contributed by atoms with Crippen LogP contribution in [-0.2, 0) is 11.3 Å². The monoisotopic (exact) mass is 388 g/mol. The lowest BCUT2D eigenvalue weighted by Crippen LogP contribution is -2.45. The Hall–Kier alpha value is -1.86. The summed E-state index contributed by atoms with van der Waals surface area (Å²) in [5.41, 5.74) is 1.15. The van der Waals surface area contributed by atoms with Crippen molar-refractivity contribution >= 4 is 11.8 Å². The highest BCUT2D eigenvalue weighted by Gasteiger charge is 2.24. The van der Waals surface area contributed by atoms with Crippen LogP contribution in [0.2, 0.25) is 0 Å². The lowest BCUT2D eigenvalue weighted by atomic mass is 10.2. The lowest BCUT2D eigenvalue weighted by Gasteiger charge is -2.36. The summed E-state index contributed by atoms with van der Waals surface area (Å²) < 4.78 is 5.81. The van der Waals surface area contributed by atoms with Gasteiger partial charge in [-0.15, -0.1) is 0 Å². The van der Waals surface area contributed by atoms with E-state index < -0.39 is 0 Å². The van der Waals surface area contributed by atoms with Crippen molar-refractivity contribution in [2.24, 2.45) is 4.99 Å². The Morgan fingerprint density at radius 2 is 2.04 bits per heavy atom. The third-order valence-corrected chi connectivity index (χ3v) is 5.65. The largest absolute Gasteiger partial charge is 0.372 e. The number of aliphatic imine (C=N–C) groups is 1. The summed E-state index contributed by atoms with van der Waals surface area (Å²) in [5, 5.41) is 6.88. The van der Waals surface area contributed by atoms with Crippen molar-refractivity contribution in [2.75, 3.05) is 44.7 Å². The van der Waals surface area contributed by atoms with Crippen LogP contribution in [0.1, 0.15) is 39.2 Å². The Bertz CT molecular complexity index is 624. The third kappa shape index (κ3) is 5.58. The Balaban J connectivity index is 1.47. The quantitative estimate of drug-likeness (QED) is 0.573. The zero-order valence-corrected chi connectivity index (χ0v) is 17.8. The highest BCUT2D eigenvalue weighted by Crippen LogP contribution is 2.18. The normalized spacial score (nSPS) is 26.5. The van der Waals surface area contributed by atoms with Gasteiger partial charge in [-0.3, -0.25) is 9.89 Å². The van der Waals surface area contributed by atoms with Gasteiger partial charge in [0, 0.05) is 45.5 Å². The maximum Gasteiger partial charge on any atom is 0.191 e. The molecule has 0 amide bonds. The Labute approximate surface area is 169 Å². The molecule has 3 heterocycles. The van der Waals surface area contributed by atoms with Gasteiger partial charge in [0.05, 0.1) is 12.2 Å².